The molecule has 17 heavy (non-hydrogen) atoms. The molecule has 0 bridgehead atoms. The van der Waals surface area contributed by atoms with Crippen LogP contribution in [0.3, 0.4) is 0 Å². The lowest BCUT2D eigenvalue weighted by atomic mass is 10.1. The van der Waals surface area contributed by atoms with Crippen LogP contribution in [0.4, 0.5) is 0 Å². The molecule has 1 unspecified atom stereocenters. The Bertz CT molecular complexity index is 347. The molecule has 94 valence electrons. The number of halogens is 1. The number of aliphatic hydroxyl groups excluding tert-OH is 1. The summed E-state index contributed by atoms with van der Waals surface area (Å²) >= 11 is 3.40. The minimum atomic E-state index is -0.383. The third-order valence-electron chi connectivity index (χ3n) is 3.28. The summed E-state index contributed by atoms with van der Waals surface area (Å²) in [5.74, 6) is 0. The largest absolute Gasteiger partial charge is 0.387 e. The topological polar surface area (TPSA) is 26.7 Å². The first kappa shape index (κ1) is 13.0. The minimum absolute atomic E-state index is 0.383. The molecule has 1 fully saturated rings. The number of β-amino-alcohol motifs (C(OH)–C–C–N with tert-alkyl or cyclic N) is 1. The number of likely N-dealkylation sites (N-methyl/N-ethyl adjacent to an activating group) is 1. The lowest BCUT2D eigenvalue weighted by Gasteiger charge is -2.33. The highest BCUT2D eigenvalue weighted by molar-refractivity contribution is 9.10. The lowest BCUT2D eigenvalue weighted by molar-refractivity contribution is 0.0805. The predicted octanol–water partition coefficient (Wildman–Crippen LogP) is 1.73. The molecule has 1 heterocycles. The van der Waals surface area contributed by atoms with Crippen molar-refractivity contribution in [3.05, 3.63) is 34.3 Å². The summed E-state index contributed by atoms with van der Waals surface area (Å²) in [5.41, 5.74) is 0.993. The Labute approximate surface area is 111 Å². The molecule has 3 nitrogen and oxygen atoms in total. The summed E-state index contributed by atoms with van der Waals surface area (Å²) in [4.78, 5) is 4.65. The Balaban J connectivity index is 1.88. The number of aliphatic hydroxyl groups is 1. The first-order valence-corrected chi connectivity index (χ1v) is 6.79. The van der Waals surface area contributed by atoms with Gasteiger partial charge >= 0.3 is 0 Å². The fraction of sp³-hybridized carbons (Fsp3) is 0.538. The SMILES string of the molecule is CN1CCN(CC(O)c2ccc(Br)cc2)CC1. The predicted molar refractivity (Wildman–Crippen MR) is 73.0 cm³/mol. The molecule has 0 radical (unpaired) electrons. The van der Waals surface area contributed by atoms with Crippen molar-refractivity contribution in [2.45, 2.75) is 6.10 Å². The zero-order valence-electron chi connectivity index (χ0n) is 10.1. The van der Waals surface area contributed by atoms with Crippen LogP contribution >= 0.6 is 15.9 Å². The molecule has 1 N–H and O–H groups in total. The van der Waals surface area contributed by atoms with E-state index in [-0.39, 0.29) is 6.10 Å². The molecule has 1 aliphatic heterocycles. The highest BCUT2D eigenvalue weighted by atomic mass is 79.9. The third kappa shape index (κ3) is 3.78. The molecule has 1 atom stereocenters. The van der Waals surface area contributed by atoms with Gasteiger partial charge in [0, 0.05) is 37.2 Å². The molecule has 0 saturated carbocycles. The molecule has 2 rings (SSSR count). The molecule has 4 heteroatoms. The monoisotopic (exact) mass is 298 g/mol. The summed E-state index contributed by atoms with van der Waals surface area (Å²) in [5, 5.41) is 10.2. The Morgan fingerprint density at radius 3 is 2.35 bits per heavy atom. The van der Waals surface area contributed by atoms with Gasteiger partial charge in [-0.3, -0.25) is 4.90 Å². The summed E-state index contributed by atoms with van der Waals surface area (Å²) in [6.07, 6.45) is -0.383. The van der Waals surface area contributed by atoms with E-state index in [0.29, 0.717) is 0 Å². The zero-order chi connectivity index (χ0) is 12.3. The van der Waals surface area contributed by atoms with Crippen molar-refractivity contribution < 1.29 is 5.11 Å². The Kier molecular flexibility index (Phi) is 4.56. The highest BCUT2D eigenvalue weighted by Crippen LogP contribution is 2.18. The zero-order valence-corrected chi connectivity index (χ0v) is 11.7. The molecule has 0 spiro atoms. The van der Waals surface area contributed by atoms with Crippen LogP contribution in [-0.2, 0) is 0 Å². The molecular weight excluding hydrogens is 280 g/mol. The van der Waals surface area contributed by atoms with Crippen LogP contribution in [0.2, 0.25) is 0 Å². The van der Waals surface area contributed by atoms with Crippen molar-refractivity contribution in [2.75, 3.05) is 39.8 Å². The standard InChI is InChI=1S/C13H19BrN2O/c1-15-6-8-16(9-7-15)10-13(17)11-2-4-12(14)5-3-11/h2-5,13,17H,6-10H2,1H3. The van der Waals surface area contributed by atoms with Gasteiger partial charge in [0.1, 0.15) is 0 Å². The van der Waals surface area contributed by atoms with E-state index in [4.69, 9.17) is 0 Å². The average Bonchev–Trinajstić information content (AvgIpc) is 2.33. The molecular formula is C13H19BrN2O. The van der Waals surface area contributed by atoms with Gasteiger partial charge in [-0.25, -0.2) is 0 Å². The summed E-state index contributed by atoms with van der Waals surface area (Å²) < 4.78 is 1.05. The maximum atomic E-state index is 10.2. The Morgan fingerprint density at radius 2 is 1.76 bits per heavy atom. The second-order valence-corrected chi connectivity index (χ2v) is 5.59. The van der Waals surface area contributed by atoms with Crippen molar-refractivity contribution in [2.24, 2.45) is 0 Å². The highest BCUT2D eigenvalue weighted by Gasteiger charge is 2.17. The van der Waals surface area contributed by atoms with Gasteiger partial charge in [0.15, 0.2) is 0 Å². The van der Waals surface area contributed by atoms with Crippen molar-refractivity contribution in [3.8, 4) is 0 Å². The van der Waals surface area contributed by atoms with Gasteiger partial charge < -0.3 is 10.0 Å². The number of nitrogens with zero attached hydrogens (tertiary/aromatic N) is 2. The van der Waals surface area contributed by atoms with E-state index in [1.54, 1.807) is 0 Å². The number of benzene rings is 1. The summed E-state index contributed by atoms with van der Waals surface area (Å²) in [6, 6.07) is 7.90. The van der Waals surface area contributed by atoms with Crippen LogP contribution in [0.1, 0.15) is 11.7 Å². The van der Waals surface area contributed by atoms with E-state index >= 15 is 0 Å². The van der Waals surface area contributed by atoms with Crippen molar-refractivity contribution in [1.82, 2.24) is 9.80 Å². The van der Waals surface area contributed by atoms with Crippen LogP contribution in [0, 0.1) is 0 Å². The molecule has 1 aromatic rings. The van der Waals surface area contributed by atoms with Gasteiger partial charge in [0.25, 0.3) is 0 Å². The third-order valence-corrected chi connectivity index (χ3v) is 3.81. The van der Waals surface area contributed by atoms with Crippen molar-refractivity contribution in [3.63, 3.8) is 0 Å². The molecule has 1 aliphatic rings. The van der Waals surface area contributed by atoms with Crippen molar-refractivity contribution >= 4 is 15.9 Å². The van der Waals surface area contributed by atoms with Crippen LogP contribution in [-0.4, -0.2) is 54.7 Å². The minimum Gasteiger partial charge on any atom is -0.387 e. The fourth-order valence-electron chi connectivity index (χ4n) is 2.07. The second kappa shape index (κ2) is 5.96. The first-order chi connectivity index (χ1) is 8.15. The Hall–Kier alpha value is -0.420. The van der Waals surface area contributed by atoms with Crippen molar-refractivity contribution in [1.29, 1.82) is 0 Å². The van der Waals surface area contributed by atoms with Gasteiger partial charge in [-0.05, 0) is 24.7 Å². The van der Waals surface area contributed by atoms with Crippen LogP contribution in [0.15, 0.2) is 28.7 Å². The van der Waals surface area contributed by atoms with E-state index in [1.807, 2.05) is 24.3 Å². The van der Waals surface area contributed by atoms with Gasteiger partial charge in [-0.2, -0.15) is 0 Å². The van der Waals surface area contributed by atoms with Gasteiger partial charge in [0.05, 0.1) is 6.10 Å². The molecule has 1 saturated heterocycles. The number of hydrogen-bond acceptors (Lipinski definition) is 3. The number of hydrogen-bond donors (Lipinski definition) is 1. The smallest absolute Gasteiger partial charge is 0.0916 e. The van der Waals surface area contributed by atoms with Gasteiger partial charge in [0.2, 0.25) is 0 Å². The normalized spacial score (nSPS) is 20.4. The molecule has 0 aliphatic carbocycles. The van der Waals surface area contributed by atoms with E-state index in [2.05, 4.69) is 32.8 Å². The number of piperazine rings is 1. The Morgan fingerprint density at radius 1 is 1.18 bits per heavy atom. The fourth-order valence-corrected chi connectivity index (χ4v) is 2.33. The van der Waals surface area contributed by atoms with Crippen LogP contribution in [0.25, 0.3) is 0 Å². The molecule has 0 aromatic heterocycles. The van der Waals surface area contributed by atoms with Crippen LogP contribution < -0.4 is 0 Å². The molecule has 0 amide bonds. The van der Waals surface area contributed by atoms with E-state index in [9.17, 15) is 5.11 Å². The maximum Gasteiger partial charge on any atom is 0.0916 e. The lowest BCUT2D eigenvalue weighted by Crippen LogP contribution is -2.45. The van der Waals surface area contributed by atoms with Gasteiger partial charge in [-0.15, -0.1) is 0 Å². The second-order valence-electron chi connectivity index (χ2n) is 4.67. The first-order valence-electron chi connectivity index (χ1n) is 5.99. The van der Waals surface area contributed by atoms with Crippen LogP contribution in [0.5, 0.6) is 0 Å². The summed E-state index contributed by atoms with van der Waals surface area (Å²) in [6.45, 7) is 5.00. The average molecular weight is 299 g/mol. The maximum absolute atomic E-state index is 10.2. The molecule has 1 aromatic carbocycles. The van der Waals surface area contributed by atoms with E-state index in [0.717, 1.165) is 42.8 Å². The quantitative estimate of drug-likeness (QED) is 0.921. The van der Waals surface area contributed by atoms with E-state index in [1.165, 1.54) is 0 Å². The number of rotatable bonds is 3. The van der Waals surface area contributed by atoms with E-state index < -0.39 is 0 Å². The van der Waals surface area contributed by atoms with Gasteiger partial charge in [-0.1, -0.05) is 28.1 Å². The summed E-state index contributed by atoms with van der Waals surface area (Å²) in [7, 11) is 2.14.